The lowest BCUT2D eigenvalue weighted by Gasteiger charge is -2.42. The van der Waals surface area contributed by atoms with E-state index in [0.29, 0.717) is 74.6 Å². The van der Waals surface area contributed by atoms with E-state index in [9.17, 15) is 24.3 Å². The number of halogens is 1. The number of carboxylic acids is 1. The van der Waals surface area contributed by atoms with Crippen LogP contribution in [-0.2, 0) is 27.2 Å². The number of rotatable bonds is 8. The minimum atomic E-state index is -1.04. The van der Waals surface area contributed by atoms with E-state index in [4.69, 9.17) is 9.84 Å². The number of phenols is 1. The van der Waals surface area contributed by atoms with Gasteiger partial charge in [-0.05, 0) is 95.5 Å². The Morgan fingerprint density at radius 3 is 2.30 bits per heavy atom. The van der Waals surface area contributed by atoms with Crippen molar-refractivity contribution >= 4 is 58.9 Å². The van der Waals surface area contributed by atoms with Crippen LogP contribution in [0.15, 0.2) is 40.9 Å². The molecule has 2 aromatic carbocycles. The number of aliphatic carboxylic acids is 1. The van der Waals surface area contributed by atoms with Gasteiger partial charge in [-0.2, -0.15) is 0 Å². The predicted octanol–water partition coefficient (Wildman–Crippen LogP) is 3.19. The summed E-state index contributed by atoms with van der Waals surface area (Å²) in [6.07, 6.45) is 4.56. The average molecular weight is 753 g/mol. The highest BCUT2D eigenvalue weighted by atomic mass is 79.9. The van der Waals surface area contributed by atoms with Crippen molar-refractivity contribution in [2.75, 3.05) is 51.1 Å². The molecule has 4 aliphatic rings. The average Bonchev–Trinajstić information content (AvgIpc) is 3.28. The molecule has 1 saturated carbocycles. The number of piperazine rings is 1. The van der Waals surface area contributed by atoms with Crippen LogP contribution in [0.4, 0.5) is 15.3 Å². The molecule has 2 saturated heterocycles. The molecular formula is C36H47BBrN5O7. The Bertz CT molecular complexity index is 1550. The molecule has 50 heavy (non-hydrogen) atoms. The number of carboxylic acid groups (broad SMARTS) is 1. The fraction of sp³-hybridized carbons (Fsp3) is 0.556. The molecule has 0 spiro atoms. The van der Waals surface area contributed by atoms with E-state index >= 15 is 0 Å². The number of phenolic OH excluding ortho intramolecular Hbond substituents is 1. The third-order valence-corrected chi connectivity index (χ3v) is 11.6. The highest BCUT2D eigenvalue weighted by Crippen LogP contribution is 2.31. The number of nitrogens with one attached hydrogen (secondary N) is 1. The monoisotopic (exact) mass is 751 g/mol. The Hall–Kier alpha value is -3.78. The summed E-state index contributed by atoms with van der Waals surface area (Å²) in [5, 5.41) is 22.5. The van der Waals surface area contributed by atoms with E-state index in [2.05, 4.69) is 26.1 Å². The fourth-order valence-corrected chi connectivity index (χ4v) is 8.69. The van der Waals surface area contributed by atoms with E-state index in [-0.39, 0.29) is 42.5 Å². The molecule has 1 atom stereocenters. The molecule has 12 nitrogen and oxygen atoms in total. The molecule has 0 aromatic heterocycles. The molecule has 14 heteroatoms. The molecule has 4 amide bonds. The Morgan fingerprint density at radius 1 is 0.920 bits per heavy atom. The molecule has 6 rings (SSSR count). The van der Waals surface area contributed by atoms with Gasteiger partial charge in [0.05, 0.1) is 4.47 Å². The van der Waals surface area contributed by atoms with Crippen molar-refractivity contribution in [1.82, 2.24) is 19.6 Å². The number of urea groups is 1. The number of carbonyl (C=O) groups is 4. The Kier molecular flexibility index (Phi) is 11.6. The number of benzene rings is 2. The number of fused-ring (bicyclic) bond motifs is 1. The Morgan fingerprint density at radius 2 is 1.62 bits per heavy atom. The largest absolute Gasteiger partial charge is 0.507 e. The first kappa shape index (κ1) is 36.0. The zero-order chi connectivity index (χ0) is 35.4. The van der Waals surface area contributed by atoms with Crippen molar-refractivity contribution in [3.8, 4) is 5.75 Å². The van der Waals surface area contributed by atoms with E-state index in [1.807, 2.05) is 35.2 Å². The molecule has 3 aliphatic heterocycles. The highest BCUT2D eigenvalue weighted by Gasteiger charge is 2.36. The lowest BCUT2D eigenvalue weighted by Crippen LogP contribution is -2.55. The maximum absolute atomic E-state index is 14.1. The lowest BCUT2D eigenvalue weighted by molar-refractivity contribution is -0.143. The van der Waals surface area contributed by atoms with Gasteiger partial charge < -0.3 is 35.0 Å². The summed E-state index contributed by atoms with van der Waals surface area (Å²) in [5.41, 5.74) is 3.37. The predicted molar refractivity (Wildman–Crippen MR) is 195 cm³/mol. The number of aromatic hydroxyl groups is 1. The number of hydrogen-bond acceptors (Lipinski definition) is 7. The maximum atomic E-state index is 14.1. The number of ether oxygens (including phenoxy) is 1. The summed E-state index contributed by atoms with van der Waals surface area (Å²) in [4.78, 5) is 59.6. The van der Waals surface area contributed by atoms with Crippen LogP contribution in [0.5, 0.6) is 5.75 Å². The molecule has 2 aromatic rings. The van der Waals surface area contributed by atoms with Gasteiger partial charge in [0.2, 0.25) is 0 Å². The summed E-state index contributed by atoms with van der Waals surface area (Å²) in [6, 6.07) is 11.7. The summed E-state index contributed by atoms with van der Waals surface area (Å²) >= 11 is 3.40. The first-order valence-electron chi connectivity index (χ1n) is 17.9. The number of likely N-dealkylation sites (tertiary alicyclic amines) is 1. The molecule has 3 heterocycles. The van der Waals surface area contributed by atoms with Crippen LogP contribution < -0.4 is 10.8 Å². The second kappa shape index (κ2) is 16.1. The quantitative estimate of drug-likeness (QED) is 0.350. The van der Waals surface area contributed by atoms with E-state index in [0.717, 1.165) is 48.9 Å². The van der Waals surface area contributed by atoms with Gasteiger partial charge in [0.25, 0.3) is 5.91 Å². The molecule has 1 aliphatic carbocycles. The SMILES string of the molecule is Bc1cc(C[C@@H](OC(=O)N2CCC(N3CCc4ccccc4NC3=O)CC2)C(=O)N2CCN(C3CCC(CC(=O)O)CC3)CC2)cc(Br)c1O. The minimum absolute atomic E-state index is 0.00775. The van der Waals surface area contributed by atoms with Crippen molar-refractivity contribution in [2.24, 2.45) is 5.92 Å². The first-order valence-corrected chi connectivity index (χ1v) is 18.7. The van der Waals surface area contributed by atoms with E-state index in [1.54, 1.807) is 23.7 Å². The van der Waals surface area contributed by atoms with Crippen molar-refractivity contribution in [1.29, 1.82) is 0 Å². The van der Waals surface area contributed by atoms with Crippen LogP contribution in [0.25, 0.3) is 0 Å². The standard InChI is InChI=1S/C36H47BBrN5O7/c37-28-19-24(20-29(38)33(28)46)21-31(34(47)41-17-15-40(16-18-41)26-7-5-23(6-8-26)22-32(44)45)50-36(49)42-12-10-27(11-13-42)43-14-9-25-3-1-2-4-30(25)39-35(43)48/h1-4,19-20,23,26-27,31,46H,5-18,21-22,37H2,(H,39,48)(H,44,45)/t23?,26?,31-/m1/s1. The lowest BCUT2D eigenvalue weighted by atomic mass is 9.83. The third kappa shape index (κ3) is 8.56. The smallest absolute Gasteiger partial charge is 0.410 e. The van der Waals surface area contributed by atoms with Gasteiger partial charge in [-0.25, -0.2) is 9.59 Å². The number of nitrogens with zero attached hydrogens (tertiary/aromatic N) is 4. The number of piperidine rings is 1. The van der Waals surface area contributed by atoms with Gasteiger partial charge in [0.15, 0.2) is 6.10 Å². The van der Waals surface area contributed by atoms with Gasteiger partial charge in [-0.3, -0.25) is 14.5 Å². The molecule has 3 N–H and O–H groups in total. The molecule has 0 unspecified atom stereocenters. The Labute approximate surface area is 302 Å². The van der Waals surface area contributed by atoms with Crippen LogP contribution in [0.1, 0.15) is 56.1 Å². The second-order valence-corrected chi connectivity index (χ2v) is 15.1. The number of amides is 4. The summed E-state index contributed by atoms with van der Waals surface area (Å²) in [6.45, 7) is 3.91. The van der Waals surface area contributed by atoms with Crippen molar-refractivity contribution < 1.29 is 34.1 Å². The van der Waals surface area contributed by atoms with Crippen LogP contribution in [0.3, 0.4) is 0 Å². The number of carbonyl (C=O) groups excluding carboxylic acids is 3. The zero-order valence-electron chi connectivity index (χ0n) is 28.7. The number of anilines is 1. The summed E-state index contributed by atoms with van der Waals surface area (Å²) < 4.78 is 6.55. The minimum Gasteiger partial charge on any atom is -0.507 e. The molecule has 0 bridgehead atoms. The first-order chi connectivity index (χ1) is 24.0. The summed E-state index contributed by atoms with van der Waals surface area (Å²) in [5.74, 6) is -0.598. The molecule has 0 radical (unpaired) electrons. The van der Waals surface area contributed by atoms with Gasteiger partial charge >= 0.3 is 18.1 Å². The normalized spacial score (nSPS) is 22.7. The molecule has 3 fully saturated rings. The topological polar surface area (TPSA) is 143 Å². The molecular weight excluding hydrogens is 705 g/mol. The van der Waals surface area contributed by atoms with Gasteiger partial charge in [0, 0.05) is 76.4 Å². The second-order valence-electron chi connectivity index (χ2n) is 14.2. The van der Waals surface area contributed by atoms with Crippen LogP contribution in [-0.4, -0.2) is 126 Å². The van der Waals surface area contributed by atoms with Crippen molar-refractivity contribution in [3.05, 3.63) is 52.0 Å². The van der Waals surface area contributed by atoms with Crippen LogP contribution >= 0.6 is 15.9 Å². The van der Waals surface area contributed by atoms with Crippen LogP contribution in [0.2, 0.25) is 0 Å². The zero-order valence-corrected chi connectivity index (χ0v) is 30.3. The van der Waals surface area contributed by atoms with Gasteiger partial charge in [-0.1, -0.05) is 24.3 Å². The van der Waals surface area contributed by atoms with Gasteiger partial charge in [-0.15, -0.1) is 0 Å². The third-order valence-electron chi connectivity index (χ3n) is 11.0. The van der Waals surface area contributed by atoms with Crippen molar-refractivity contribution in [3.63, 3.8) is 0 Å². The number of hydrogen-bond donors (Lipinski definition) is 3. The number of para-hydroxylation sites is 1. The van der Waals surface area contributed by atoms with E-state index in [1.165, 1.54) is 0 Å². The maximum Gasteiger partial charge on any atom is 0.410 e. The van der Waals surface area contributed by atoms with E-state index < -0.39 is 18.2 Å². The highest BCUT2D eigenvalue weighted by molar-refractivity contribution is 9.10. The Balaban J connectivity index is 1.06. The molecule has 268 valence electrons. The van der Waals surface area contributed by atoms with Gasteiger partial charge in [0.1, 0.15) is 13.6 Å². The van der Waals surface area contributed by atoms with Crippen molar-refractivity contribution in [2.45, 2.75) is 76.0 Å². The fourth-order valence-electron chi connectivity index (χ4n) is 8.09. The summed E-state index contributed by atoms with van der Waals surface area (Å²) in [7, 11) is 1.79. The van der Waals surface area contributed by atoms with Crippen LogP contribution in [0, 0.1) is 5.92 Å².